The van der Waals surface area contributed by atoms with Gasteiger partial charge in [0.2, 0.25) is 0 Å². The highest BCUT2D eigenvalue weighted by atomic mass is 16.5. The molecule has 0 bridgehead atoms. The van der Waals surface area contributed by atoms with E-state index in [2.05, 4.69) is 20.0 Å². The van der Waals surface area contributed by atoms with E-state index in [9.17, 15) is 9.59 Å². The van der Waals surface area contributed by atoms with E-state index in [1.165, 1.54) is 7.11 Å². The van der Waals surface area contributed by atoms with Gasteiger partial charge >= 0.3 is 5.97 Å². The Morgan fingerprint density at radius 3 is 2.70 bits per heavy atom. The maximum absolute atomic E-state index is 12.3. The number of Topliss-reactive ketones (excluding diaryl/α,β-unsaturated/α-hetero) is 1. The summed E-state index contributed by atoms with van der Waals surface area (Å²) in [6.45, 7) is 3.62. The van der Waals surface area contributed by atoms with Crippen LogP contribution in [0.15, 0.2) is 11.2 Å². The van der Waals surface area contributed by atoms with Gasteiger partial charge in [-0.3, -0.25) is 14.5 Å². The van der Waals surface area contributed by atoms with E-state index in [-0.39, 0.29) is 29.4 Å². The second kappa shape index (κ2) is 5.52. The van der Waals surface area contributed by atoms with Crippen molar-refractivity contribution in [3.05, 3.63) is 11.9 Å². The second-order valence-corrected chi connectivity index (χ2v) is 5.19. The number of hydrogen-bond donors (Lipinski definition) is 0. The fraction of sp³-hybridized carbons (Fsp3) is 0.615. The fourth-order valence-corrected chi connectivity index (χ4v) is 2.09. The molecule has 2 atom stereocenters. The average Bonchev–Trinajstić information content (AvgIpc) is 3.09. The molecule has 0 amide bonds. The van der Waals surface area contributed by atoms with E-state index in [4.69, 9.17) is 0 Å². The van der Waals surface area contributed by atoms with Crippen LogP contribution in [0.2, 0.25) is 0 Å². The summed E-state index contributed by atoms with van der Waals surface area (Å²) >= 11 is 0. The Morgan fingerprint density at radius 1 is 1.50 bits per heavy atom. The lowest BCUT2D eigenvalue weighted by Gasteiger charge is -2.05. The molecule has 108 valence electrons. The summed E-state index contributed by atoms with van der Waals surface area (Å²) in [6, 6.07) is -0.137. The first-order valence-electron chi connectivity index (χ1n) is 6.50. The molecule has 1 fully saturated rings. The SMILES string of the molecule is COC(=O)/C(=N\C(C)C)C(=O)C1CC1c1cn(C)nn1. The quantitative estimate of drug-likeness (QED) is 0.445. The first-order valence-corrected chi connectivity index (χ1v) is 6.50. The van der Waals surface area contributed by atoms with Crippen molar-refractivity contribution in [1.29, 1.82) is 0 Å². The van der Waals surface area contributed by atoms with Crippen LogP contribution < -0.4 is 0 Å². The summed E-state index contributed by atoms with van der Waals surface area (Å²) < 4.78 is 6.23. The zero-order valence-corrected chi connectivity index (χ0v) is 12.0. The van der Waals surface area contributed by atoms with Gasteiger partial charge in [-0.05, 0) is 20.3 Å². The highest BCUT2D eigenvalue weighted by Crippen LogP contribution is 2.47. The predicted octanol–water partition coefficient (Wildman–Crippen LogP) is 0.510. The molecule has 1 aliphatic rings. The van der Waals surface area contributed by atoms with Crippen LogP contribution in [-0.4, -0.2) is 45.6 Å². The average molecular weight is 278 g/mol. The third-order valence-electron chi connectivity index (χ3n) is 3.13. The molecule has 20 heavy (non-hydrogen) atoms. The van der Waals surface area contributed by atoms with Gasteiger partial charge in [-0.1, -0.05) is 5.21 Å². The van der Waals surface area contributed by atoms with E-state index in [0.717, 1.165) is 5.69 Å². The summed E-state index contributed by atoms with van der Waals surface area (Å²) in [4.78, 5) is 28.1. The zero-order valence-electron chi connectivity index (χ0n) is 12.0. The summed E-state index contributed by atoms with van der Waals surface area (Å²) in [7, 11) is 3.02. The summed E-state index contributed by atoms with van der Waals surface area (Å²) in [5.41, 5.74) is 0.679. The maximum atomic E-state index is 12.3. The lowest BCUT2D eigenvalue weighted by atomic mass is 10.1. The lowest BCUT2D eigenvalue weighted by Crippen LogP contribution is -2.28. The van der Waals surface area contributed by atoms with E-state index in [1.807, 2.05) is 13.8 Å². The number of aromatic nitrogens is 3. The van der Waals surface area contributed by atoms with Crippen molar-refractivity contribution in [2.45, 2.75) is 32.2 Å². The monoisotopic (exact) mass is 278 g/mol. The smallest absolute Gasteiger partial charge is 0.359 e. The van der Waals surface area contributed by atoms with E-state index in [0.29, 0.717) is 6.42 Å². The molecule has 2 rings (SSSR count). The number of aliphatic imine (C=N–C) groups is 1. The molecule has 0 spiro atoms. The Hall–Kier alpha value is -2.05. The zero-order chi connectivity index (χ0) is 14.9. The number of nitrogens with zero attached hydrogens (tertiary/aromatic N) is 4. The van der Waals surface area contributed by atoms with Crippen molar-refractivity contribution in [2.75, 3.05) is 7.11 Å². The van der Waals surface area contributed by atoms with Crippen LogP contribution in [0.25, 0.3) is 0 Å². The number of methoxy groups -OCH3 is 1. The molecule has 1 aromatic heterocycles. The number of aryl methyl sites for hydroxylation is 1. The highest BCUT2D eigenvalue weighted by molar-refractivity contribution is 6.65. The van der Waals surface area contributed by atoms with Gasteiger partial charge in [0.25, 0.3) is 0 Å². The van der Waals surface area contributed by atoms with Gasteiger partial charge in [0.05, 0.1) is 12.8 Å². The Labute approximate surface area is 117 Å². The maximum Gasteiger partial charge on any atom is 0.359 e. The van der Waals surface area contributed by atoms with Crippen molar-refractivity contribution in [3.8, 4) is 0 Å². The third-order valence-corrected chi connectivity index (χ3v) is 3.13. The minimum absolute atomic E-state index is 0.0261. The van der Waals surface area contributed by atoms with Crippen LogP contribution in [-0.2, 0) is 21.4 Å². The number of ketones is 1. The van der Waals surface area contributed by atoms with Crippen LogP contribution in [0.1, 0.15) is 31.9 Å². The van der Waals surface area contributed by atoms with Crippen molar-refractivity contribution < 1.29 is 14.3 Å². The van der Waals surface area contributed by atoms with Crippen molar-refractivity contribution >= 4 is 17.5 Å². The third kappa shape index (κ3) is 2.92. The highest BCUT2D eigenvalue weighted by Gasteiger charge is 2.48. The number of rotatable bonds is 5. The molecule has 1 heterocycles. The molecule has 0 N–H and O–H groups in total. The molecule has 1 saturated carbocycles. The number of ether oxygens (including phenoxy) is 1. The Bertz CT molecular complexity index is 562. The van der Waals surface area contributed by atoms with E-state index < -0.39 is 5.97 Å². The molecule has 1 aliphatic carbocycles. The van der Waals surface area contributed by atoms with Gasteiger partial charge in [0.15, 0.2) is 11.5 Å². The minimum Gasteiger partial charge on any atom is -0.464 e. The summed E-state index contributed by atoms with van der Waals surface area (Å²) in [6.07, 6.45) is 2.46. The van der Waals surface area contributed by atoms with Crippen molar-refractivity contribution in [2.24, 2.45) is 18.0 Å². The van der Waals surface area contributed by atoms with Crippen LogP contribution in [0, 0.1) is 5.92 Å². The molecule has 7 nitrogen and oxygen atoms in total. The number of esters is 1. The first kappa shape index (κ1) is 14.4. The Morgan fingerprint density at radius 2 is 2.20 bits per heavy atom. The van der Waals surface area contributed by atoms with Crippen LogP contribution in [0.5, 0.6) is 0 Å². The molecular formula is C13H18N4O3. The number of carbonyl (C=O) groups excluding carboxylic acids is 2. The normalized spacial score (nSPS) is 21.9. The minimum atomic E-state index is -0.673. The number of carbonyl (C=O) groups is 2. The van der Waals surface area contributed by atoms with E-state index in [1.54, 1.807) is 17.9 Å². The Balaban J connectivity index is 2.13. The van der Waals surface area contributed by atoms with Gasteiger partial charge in [-0.2, -0.15) is 0 Å². The van der Waals surface area contributed by atoms with Gasteiger partial charge in [-0.15, -0.1) is 5.10 Å². The molecule has 1 aromatic rings. The van der Waals surface area contributed by atoms with Crippen LogP contribution in [0.3, 0.4) is 0 Å². The van der Waals surface area contributed by atoms with Crippen molar-refractivity contribution in [3.63, 3.8) is 0 Å². The topological polar surface area (TPSA) is 86.4 Å². The van der Waals surface area contributed by atoms with Crippen LogP contribution >= 0.6 is 0 Å². The van der Waals surface area contributed by atoms with Gasteiger partial charge in [-0.25, -0.2) is 4.79 Å². The molecule has 0 radical (unpaired) electrons. The van der Waals surface area contributed by atoms with Gasteiger partial charge in [0, 0.05) is 31.1 Å². The van der Waals surface area contributed by atoms with Gasteiger partial charge in [0.1, 0.15) is 0 Å². The molecule has 0 aliphatic heterocycles. The standard InChI is InChI=1S/C13H18N4O3/c1-7(2)14-11(13(19)20-4)12(18)9-5-8(9)10-6-17(3)16-15-10/h6-9H,5H2,1-4H3/b14-11-. The van der Waals surface area contributed by atoms with Crippen LogP contribution in [0.4, 0.5) is 0 Å². The molecule has 7 heteroatoms. The van der Waals surface area contributed by atoms with Crippen molar-refractivity contribution in [1.82, 2.24) is 15.0 Å². The second-order valence-electron chi connectivity index (χ2n) is 5.19. The van der Waals surface area contributed by atoms with E-state index >= 15 is 0 Å². The predicted molar refractivity (Wildman–Crippen MR) is 71.4 cm³/mol. The largest absolute Gasteiger partial charge is 0.464 e. The Kier molecular flexibility index (Phi) is 3.96. The first-order chi connectivity index (χ1) is 9.43. The molecule has 0 aromatic carbocycles. The molecular weight excluding hydrogens is 260 g/mol. The lowest BCUT2D eigenvalue weighted by molar-refractivity contribution is -0.133. The van der Waals surface area contributed by atoms with Gasteiger partial charge < -0.3 is 4.74 Å². The number of hydrogen-bond acceptors (Lipinski definition) is 6. The molecule has 2 unspecified atom stereocenters. The summed E-state index contributed by atoms with van der Waals surface area (Å²) in [5, 5.41) is 7.85. The summed E-state index contributed by atoms with van der Waals surface area (Å²) in [5.74, 6) is -1.16. The fourth-order valence-electron chi connectivity index (χ4n) is 2.09. The molecule has 0 saturated heterocycles.